The molecule has 0 radical (unpaired) electrons. The Morgan fingerprint density at radius 1 is 1.38 bits per heavy atom. The summed E-state index contributed by atoms with van der Waals surface area (Å²) in [6.07, 6.45) is 0. The summed E-state index contributed by atoms with van der Waals surface area (Å²) in [5.74, 6) is -1.33. The summed E-state index contributed by atoms with van der Waals surface area (Å²) < 4.78 is 0. The number of aromatic nitrogens is 3. The van der Waals surface area contributed by atoms with Gasteiger partial charge in [-0.25, -0.2) is 9.89 Å². The molecule has 82 valence electrons. The standard InChI is InChI=1S/C10H9N3O3/c14-9-8(10(15)16)11-13(12-9)6-7-4-2-1-3-5-7/h1-5H,6H2,(H,12,14)(H,15,16). The van der Waals surface area contributed by atoms with Crippen molar-refractivity contribution in [3.8, 4) is 0 Å². The predicted molar refractivity (Wildman–Crippen MR) is 55.4 cm³/mol. The lowest BCUT2D eigenvalue weighted by atomic mass is 10.2. The lowest BCUT2D eigenvalue weighted by Gasteiger charge is -1.99. The molecule has 0 atom stereocenters. The Labute approximate surface area is 90.1 Å². The van der Waals surface area contributed by atoms with Crippen LogP contribution in [0.4, 0.5) is 0 Å². The van der Waals surface area contributed by atoms with Gasteiger partial charge in [0.15, 0.2) is 0 Å². The first-order valence-corrected chi connectivity index (χ1v) is 4.61. The van der Waals surface area contributed by atoms with Crippen molar-refractivity contribution in [3.63, 3.8) is 0 Å². The fraction of sp³-hybridized carbons (Fsp3) is 0.100. The van der Waals surface area contributed by atoms with Gasteiger partial charge in [-0.2, -0.15) is 4.80 Å². The topological polar surface area (TPSA) is 88.0 Å². The molecule has 6 heteroatoms. The number of hydrogen-bond donors (Lipinski definition) is 2. The summed E-state index contributed by atoms with van der Waals surface area (Å²) in [6, 6.07) is 9.31. The van der Waals surface area contributed by atoms with E-state index in [1.165, 1.54) is 4.80 Å². The Kier molecular flexibility index (Phi) is 2.55. The quantitative estimate of drug-likeness (QED) is 0.778. The number of benzene rings is 1. The highest BCUT2D eigenvalue weighted by molar-refractivity contribution is 5.84. The SMILES string of the molecule is O=C(O)c1nn(Cc2ccccc2)[nH]c1=O. The maximum absolute atomic E-state index is 11.2. The van der Waals surface area contributed by atoms with Gasteiger partial charge in [0.05, 0.1) is 6.54 Å². The molecular weight excluding hydrogens is 210 g/mol. The Balaban J connectivity index is 2.27. The summed E-state index contributed by atoms with van der Waals surface area (Å²) in [5.41, 5.74) is -0.252. The van der Waals surface area contributed by atoms with E-state index >= 15 is 0 Å². The highest BCUT2D eigenvalue weighted by Gasteiger charge is 2.13. The van der Waals surface area contributed by atoms with E-state index in [2.05, 4.69) is 10.2 Å². The second kappa shape index (κ2) is 4.01. The molecule has 2 aromatic rings. The zero-order chi connectivity index (χ0) is 11.5. The molecule has 0 unspecified atom stereocenters. The van der Waals surface area contributed by atoms with E-state index in [0.717, 1.165) is 5.56 Å². The number of carbonyl (C=O) groups is 1. The molecule has 0 saturated heterocycles. The summed E-state index contributed by atoms with van der Waals surface area (Å²) in [7, 11) is 0. The van der Waals surface area contributed by atoms with E-state index in [4.69, 9.17) is 5.11 Å². The molecule has 0 amide bonds. The molecule has 0 aliphatic heterocycles. The number of aromatic amines is 1. The number of nitrogens with zero attached hydrogens (tertiary/aromatic N) is 2. The molecule has 0 aliphatic rings. The van der Waals surface area contributed by atoms with E-state index in [1.54, 1.807) is 0 Å². The lowest BCUT2D eigenvalue weighted by Crippen LogP contribution is -2.12. The van der Waals surface area contributed by atoms with Gasteiger partial charge < -0.3 is 5.11 Å². The van der Waals surface area contributed by atoms with Crippen molar-refractivity contribution >= 4 is 5.97 Å². The zero-order valence-corrected chi connectivity index (χ0v) is 8.25. The molecule has 1 aromatic heterocycles. The number of nitrogens with one attached hydrogen (secondary N) is 1. The van der Waals surface area contributed by atoms with Gasteiger partial charge in [-0.05, 0) is 5.56 Å². The third-order valence-corrected chi connectivity index (χ3v) is 2.04. The monoisotopic (exact) mass is 219 g/mol. The van der Waals surface area contributed by atoms with E-state index in [9.17, 15) is 9.59 Å². The first-order valence-electron chi connectivity index (χ1n) is 4.61. The number of carboxylic acids is 1. The summed E-state index contributed by atoms with van der Waals surface area (Å²) in [6.45, 7) is 0.337. The number of hydrogen-bond acceptors (Lipinski definition) is 3. The average molecular weight is 219 g/mol. The van der Waals surface area contributed by atoms with Crippen LogP contribution in [0.15, 0.2) is 35.1 Å². The van der Waals surface area contributed by atoms with E-state index < -0.39 is 17.2 Å². The van der Waals surface area contributed by atoms with Crippen LogP contribution in [0, 0.1) is 0 Å². The maximum atomic E-state index is 11.2. The minimum atomic E-state index is -1.33. The molecule has 0 bridgehead atoms. The van der Waals surface area contributed by atoms with Crippen molar-refractivity contribution in [2.45, 2.75) is 6.54 Å². The molecule has 6 nitrogen and oxygen atoms in total. The molecular formula is C10H9N3O3. The largest absolute Gasteiger partial charge is 0.476 e. The van der Waals surface area contributed by atoms with Gasteiger partial charge in [0.25, 0.3) is 5.56 Å². The zero-order valence-electron chi connectivity index (χ0n) is 8.25. The molecule has 0 aliphatic carbocycles. The minimum Gasteiger partial charge on any atom is -0.476 e. The van der Waals surface area contributed by atoms with Crippen LogP contribution < -0.4 is 5.56 Å². The Bertz CT molecular complexity index is 556. The van der Waals surface area contributed by atoms with Crippen LogP contribution in [0.25, 0.3) is 0 Å². The van der Waals surface area contributed by atoms with Gasteiger partial charge in [0.2, 0.25) is 5.69 Å². The van der Waals surface area contributed by atoms with E-state index in [-0.39, 0.29) is 0 Å². The van der Waals surface area contributed by atoms with E-state index in [1.807, 2.05) is 30.3 Å². The highest BCUT2D eigenvalue weighted by Crippen LogP contribution is 1.99. The molecule has 1 heterocycles. The normalized spacial score (nSPS) is 10.2. The predicted octanol–water partition coefficient (Wildman–Crippen LogP) is 0.318. The number of rotatable bonds is 3. The maximum Gasteiger partial charge on any atom is 0.362 e. The van der Waals surface area contributed by atoms with Crippen molar-refractivity contribution < 1.29 is 9.90 Å². The molecule has 2 rings (SSSR count). The molecule has 16 heavy (non-hydrogen) atoms. The number of carboxylic acid groups (broad SMARTS) is 1. The third-order valence-electron chi connectivity index (χ3n) is 2.04. The second-order valence-electron chi connectivity index (χ2n) is 3.24. The van der Waals surface area contributed by atoms with Gasteiger partial charge in [-0.15, -0.1) is 5.10 Å². The van der Waals surface area contributed by atoms with Gasteiger partial charge in [-0.3, -0.25) is 4.79 Å². The Morgan fingerprint density at radius 3 is 2.62 bits per heavy atom. The average Bonchev–Trinajstić information content (AvgIpc) is 2.61. The Hall–Kier alpha value is -2.37. The lowest BCUT2D eigenvalue weighted by molar-refractivity contribution is 0.0688. The number of aromatic carboxylic acids is 1. The number of H-pyrrole nitrogens is 1. The van der Waals surface area contributed by atoms with Crippen LogP contribution in [0.2, 0.25) is 0 Å². The van der Waals surface area contributed by atoms with Crippen LogP contribution in [0.3, 0.4) is 0 Å². The summed E-state index contributed by atoms with van der Waals surface area (Å²) in [4.78, 5) is 23.0. The fourth-order valence-corrected chi connectivity index (χ4v) is 1.33. The molecule has 0 saturated carbocycles. The molecule has 2 N–H and O–H groups in total. The second-order valence-corrected chi connectivity index (χ2v) is 3.24. The molecule has 0 fully saturated rings. The third kappa shape index (κ3) is 2.00. The fourth-order valence-electron chi connectivity index (χ4n) is 1.33. The van der Waals surface area contributed by atoms with Crippen LogP contribution >= 0.6 is 0 Å². The van der Waals surface area contributed by atoms with Crippen LogP contribution in [0.5, 0.6) is 0 Å². The summed E-state index contributed by atoms with van der Waals surface area (Å²) in [5, 5.41) is 14.6. The van der Waals surface area contributed by atoms with Crippen LogP contribution in [0.1, 0.15) is 16.1 Å². The van der Waals surface area contributed by atoms with Gasteiger partial charge in [0, 0.05) is 0 Å². The van der Waals surface area contributed by atoms with Crippen LogP contribution in [-0.2, 0) is 6.54 Å². The van der Waals surface area contributed by atoms with Gasteiger partial charge in [-0.1, -0.05) is 30.3 Å². The van der Waals surface area contributed by atoms with Gasteiger partial charge >= 0.3 is 5.97 Å². The first-order chi connectivity index (χ1) is 7.66. The van der Waals surface area contributed by atoms with Crippen LogP contribution in [-0.4, -0.2) is 26.1 Å². The Morgan fingerprint density at radius 2 is 2.06 bits per heavy atom. The first kappa shape index (κ1) is 10.2. The highest BCUT2D eigenvalue weighted by atomic mass is 16.4. The smallest absolute Gasteiger partial charge is 0.362 e. The minimum absolute atomic E-state index is 0.337. The van der Waals surface area contributed by atoms with Gasteiger partial charge in [0.1, 0.15) is 0 Å². The van der Waals surface area contributed by atoms with Crippen molar-refractivity contribution in [1.29, 1.82) is 0 Å². The van der Waals surface area contributed by atoms with Crippen molar-refractivity contribution in [1.82, 2.24) is 15.0 Å². The molecule has 1 aromatic carbocycles. The van der Waals surface area contributed by atoms with Crippen molar-refractivity contribution in [3.05, 3.63) is 51.9 Å². The molecule has 0 spiro atoms. The van der Waals surface area contributed by atoms with Crippen molar-refractivity contribution in [2.75, 3.05) is 0 Å². The summed E-state index contributed by atoms with van der Waals surface area (Å²) >= 11 is 0. The van der Waals surface area contributed by atoms with E-state index in [0.29, 0.717) is 6.54 Å². The van der Waals surface area contributed by atoms with Crippen molar-refractivity contribution in [2.24, 2.45) is 0 Å².